The van der Waals surface area contributed by atoms with E-state index < -0.39 is 0 Å². The molecule has 2 heterocycles. The quantitative estimate of drug-likeness (QED) is 0.301. The zero-order valence-corrected chi connectivity index (χ0v) is 22.9. The second-order valence-corrected chi connectivity index (χ2v) is 9.24. The van der Waals surface area contributed by atoms with Crippen LogP contribution in [0.15, 0.2) is 48.5 Å². The van der Waals surface area contributed by atoms with Crippen molar-refractivity contribution in [2.24, 2.45) is 0 Å². The summed E-state index contributed by atoms with van der Waals surface area (Å²) in [7, 11) is 8.08. The van der Waals surface area contributed by atoms with Crippen molar-refractivity contribution in [3.05, 3.63) is 65.2 Å². The van der Waals surface area contributed by atoms with Crippen LogP contribution in [-0.4, -0.2) is 73.7 Å². The van der Waals surface area contributed by atoms with Gasteiger partial charge in [0.05, 0.1) is 41.2 Å². The Kier molecular flexibility index (Phi) is 7.83. The molecule has 1 aliphatic heterocycles. The number of nitrogens with zero attached hydrogens (tertiary/aromatic N) is 5. The number of tetrazole rings is 1. The summed E-state index contributed by atoms with van der Waals surface area (Å²) in [5, 5.41) is 13.1. The molecular weight excluding hydrogens is 498 g/mol. The Morgan fingerprint density at radius 3 is 2.00 bits per heavy atom. The first-order valence-electron chi connectivity index (χ1n) is 12.7. The fourth-order valence-electron chi connectivity index (χ4n) is 4.87. The number of methoxy groups -OCH3 is 5. The highest BCUT2D eigenvalue weighted by molar-refractivity contribution is 5.66. The van der Waals surface area contributed by atoms with Crippen molar-refractivity contribution in [2.45, 2.75) is 19.4 Å². The highest BCUT2D eigenvalue weighted by Gasteiger charge is 2.20. The summed E-state index contributed by atoms with van der Waals surface area (Å²) in [5.74, 6) is 3.61. The third-order valence-electron chi connectivity index (χ3n) is 7.02. The summed E-state index contributed by atoms with van der Waals surface area (Å²) in [4.78, 5) is 4.00. The van der Waals surface area contributed by atoms with Crippen molar-refractivity contribution < 1.29 is 23.7 Å². The van der Waals surface area contributed by atoms with Gasteiger partial charge in [0, 0.05) is 25.2 Å². The van der Waals surface area contributed by atoms with E-state index in [0.717, 1.165) is 49.7 Å². The fraction of sp³-hybridized carbons (Fsp3) is 0.345. The van der Waals surface area contributed by atoms with E-state index in [1.165, 1.54) is 21.5 Å². The molecule has 39 heavy (non-hydrogen) atoms. The summed E-state index contributed by atoms with van der Waals surface area (Å²) in [6.45, 7) is 2.90. The Hall–Kier alpha value is -4.31. The molecule has 5 rings (SSSR count). The third-order valence-corrected chi connectivity index (χ3v) is 7.02. The topological polar surface area (TPSA) is 93.0 Å². The van der Waals surface area contributed by atoms with Crippen molar-refractivity contribution in [3.63, 3.8) is 0 Å². The van der Waals surface area contributed by atoms with Crippen LogP contribution in [0.2, 0.25) is 0 Å². The number of ether oxygens (including phenoxy) is 5. The van der Waals surface area contributed by atoms with Crippen LogP contribution >= 0.6 is 0 Å². The van der Waals surface area contributed by atoms with Crippen LogP contribution in [0.5, 0.6) is 28.7 Å². The van der Waals surface area contributed by atoms with Crippen molar-refractivity contribution in [2.75, 3.05) is 48.6 Å². The van der Waals surface area contributed by atoms with Gasteiger partial charge in [-0.15, -0.1) is 15.0 Å². The third kappa shape index (κ3) is 5.46. The van der Waals surface area contributed by atoms with Crippen LogP contribution in [0.3, 0.4) is 0 Å². The van der Waals surface area contributed by atoms with E-state index >= 15 is 0 Å². The second kappa shape index (κ2) is 11.6. The number of benzene rings is 3. The van der Waals surface area contributed by atoms with Crippen LogP contribution in [0.25, 0.3) is 17.1 Å². The van der Waals surface area contributed by atoms with Crippen LogP contribution in [0.4, 0.5) is 0 Å². The molecule has 0 saturated heterocycles. The molecule has 0 unspecified atom stereocenters. The summed E-state index contributed by atoms with van der Waals surface area (Å²) in [6, 6.07) is 16.1. The lowest BCUT2D eigenvalue weighted by Gasteiger charge is -2.29. The summed E-state index contributed by atoms with van der Waals surface area (Å²) < 4.78 is 27.3. The maximum atomic E-state index is 5.49. The van der Waals surface area contributed by atoms with Crippen molar-refractivity contribution in [3.8, 4) is 45.8 Å². The van der Waals surface area contributed by atoms with Crippen molar-refractivity contribution in [1.82, 2.24) is 25.1 Å². The number of rotatable bonds is 10. The molecular formula is C29H33N5O5. The van der Waals surface area contributed by atoms with Crippen molar-refractivity contribution in [1.29, 1.82) is 0 Å². The van der Waals surface area contributed by atoms with E-state index in [9.17, 15) is 0 Å². The number of aromatic nitrogens is 4. The molecule has 204 valence electrons. The largest absolute Gasteiger partial charge is 0.493 e. The van der Waals surface area contributed by atoms with Gasteiger partial charge in [-0.1, -0.05) is 12.1 Å². The van der Waals surface area contributed by atoms with Gasteiger partial charge in [-0.05, 0) is 71.1 Å². The van der Waals surface area contributed by atoms with Crippen molar-refractivity contribution >= 4 is 0 Å². The number of hydrogen-bond donors (Lipinski definition) is 0. The molecule has 0 radical (unpaired) electrons. The molecule has 0 N–H and O–H groups in total. The first kappa shape index (κ1) is 26.3. The van der Waals surface area contributed by atoms with Gasteiger partial charge in [-0.2, -0.15) is 0 Å². The van der Waals surface area contributed by atoms with Gasteiger partial charge in [-0.25, -0.2) is 0 Å². The minimum Gasteiger partial charge on any atom is -0.493 e. The summed E-state index contributed by atoms with van der Waals surface area (Å²) in [5.41, 5.74) is 5.43. The van der Waals surface area contributed by atoms with Crippen LogP contribution in [-0.2, 0) is 19.4 Å². The van der Waals surface area contributed by atoms with Gasteiger partial charge in [-0.3, -0.25) is 4.90 Å². The fourth-order valence-corrected chi connectivity index (χ4v) is 4.87. The molecule has 0 spiro atoms. The first-order chi connectivity index (χ1) is 19.1. The number of fused-ring (bicyclic) bond motifs is 1. The van der Waals surface area contributed by atoms with Gasteiger partial charge in [0.1, 0.15) is 0 Å². The van der Waals surface area contributed by atoms with Gasteiger partial charge in [0.15, 0.2) is 23.0 Å². The molecule has 3 aromatic carbocycles. The SMILES string of the molecule is COc1cc2c(cc1OC)CN(CCc1ccc(-n3nnc(-c4cc(OC)c(OC)c(OC)c4)n3)cc1)CC2. The zero-order chi connectivity index (χ0) is 27.4. The smallest absolute Gasteiger partial charge is 0.205 e. The van der Waals surface area contributed by atoms with Gasteiger partial charge in [0.25, 0.3) is 0 Å². The average molecular weight is 532 g/mol. The molecule has 0 amide bonds. The first-order valence-corrected chi connectivity index (χ1v) is 12.7. The van der Waals surface area contributed by atoms with E-state index in [1.54, 1.807) is 47.7 Å². The molecule has 10 nitrogen and oxygen atoms in total. The second-order valence-electron chi connectivity index (χ2n) is 9.24. The molecule has 4 aromatic rings. The minimum absolute atomic E-state index is 0.456. The normalized spacial score (nSPS) is 13.1. The monoisotopic (exact) mass is 531 g/mol. The van der Waals surface area contributed by atoms with E-state index in [4.69, 9.17) is 23.7 Å². The molecule has 0 saturated carbocycles. The lowest BCUT2D eigenvalue weighted by Crippen LogP contribution is -2.32. The van der Waals surface area contributed by atoms with Gasteiger partial charge in [0.2, 0.25) is 11.6 Å². The Bertz CT molecular complexity index is 1410. The number of hydrogen-bond acceptors (Lipinski definition) is 9. The molecule has 0 fully saturated rings. The molecule has 0 aliphatic carbocycles. The van der Waals surface area contributed by atoms with Gasteiger partial charge >= 0.3 is 0 Å². The molecule has 1 aliphatic rings. The maximum Gasteiger partial charge on any atom is 0.205 e. The van der Waals surface area contributed by atoms with Crippen LogP contribution in [0.1, 0.15) is 16.7 Å². The molecule has 10 heteroatoms. The van der Waals surface area contributed by atoms with E-state index in [0.29, 0.717) is 28.6 Å². The lowest BCUT2D eigenvalue weighted by atomic mass is 9.98. The predicted molar refractivity (Wildman–Crippen MR) is 146 cm³/mol. The summed E-state index contributed by atoms with van der Waals surface area (Å²) >= 11 is 0. The maximum absolute atomic E-state index is 5.49. The Morgan fingerprint density at radius 2 is 1.38 bits per heavy atom. The Balaban J connectivity index is 1.24. The molecule has 0 atom stereocenters. The van der Waals surface area contributed by atoms with Crippen LogP contribution < -0.4 is 23.7 Å². The zero-order valence-electron chi connectivity index (χ0n) is 22.9. The minimum atomic E-state index is 0.456. The average Bonchev–Trinajstić information content (AvgIpc) is 3.49. The standard InChI is InChI=1S/C29H33N5O5/c1-35-24-14-20-11-13-33(18-22(20)17-25(24)36-2)12-10-19-6-8-23(9-7-19)34-31-29(30-32-34)21-15-26(37-3)28(39-5)27(16-21)38-4/h6-9,14-17H,10-13,18H2,1-5H3. The summed E-state index contributed by atoms with van der Waals surface area (Å²) in [6.07, 6.45) is 1.95. The lowest BCUT2D eigenvalue weighted by molar-refractivity contribution is 0.255. The predicted octanol–water partition coefficient (Wildman–Crippen LogP) is 3.97. The highest BCUT2D eigenvalue weighted by Crippen LogP contribution is 2.40. The molecule has 1 aromatic heterocycles. The molecule has 0 bridgehead atoms. The Labute approximate surface area is 228 Å². The van der Waals surface area contributed by atoms with E-state index in [2.05, 4.69) is 44.6 Å². The van der Waals surface area contributed by atoms with Crippen LogP contribution in [0, 0.1) is 0 Å². The highest BCUT2D eigenvalue weighted by atomic mass is 16.5. The van der Waals surface area contributed by atoms with E-state index in [1.807, 2.05) is 12.1 Å². The Morgan fingerprint density at radius 1 is 0.744 bits per heavy atom. The van der Waals surface area contributed by atoms with E-state index in [-0.39, 0.29) is 0 Å². The van der Waals surface area contributed by atoms with Gasteiger partial charge < -0.3 is 23.7 Å².